The van der Waals surface area contributed by atoms with Gasteiger partial charge in [0.2, 0.25) is 0 Å². The summed E-state index contributed by atoms with van der Waals surface area (Å²) in [6.45, 7) is 0.0981. The molecule has 1 aromatic rings. The zero-order chi connectivity index (χ0) is 12.5. The number of fused-ring (bicyclic) bond motifs is 1. The van der Waals surface area contributed by atoms with Gasteiger partial charge in [0.25, 0.3) is 0 Å². The molecule has 0 aromatic heterocycles. The average Bonchev–Trinajstić information content (AvgIpc) is 2.27. The van der Waals surface area contributed by atoms with Gasteiger partial charge in [0.15, 0.2) is 0 Å². The van der Waals surface area contributed by atoms with Gasteiger partial charge >= 0.3 is 6.18 Å². The van der Waals surface area contributed by atoms with Crippen LogP contribution in [0.2, 0.25) is 0 Å². The first kappa shape index (κ1) is 12.4. The Balaban J connectivity index is 2.23. The Morgan fingerprint density at radius 3 is 2.41 bits per heavy atom. The molecule has 0 radical (unpaired) electrons. The summed E-state index contributed by atoms with van der Waals surface area (Å²) in [6, 6.07) is 7.70. The van der Waals surface area contributed by atoms with Crippen molar-refractivity contribution in [3.63, 3.8) is 0 Å². The molecule has 0 bridgehead atoms. The van der Waals surface area contributed by atoms with Crippen LogP contribution in [0.3, 0.4) is 0 Å². The molecule has 0 spiro atoms. The van der Waals surface area contributed by atoms with Crippen molar-refractivity contribution in [1.29, 1.82) is 0 Å². The van der Waals surface area contributed by atoms with Crippen molar-refractivity contribution in [2.24, 2.45) is 11.1 Å². The Morgan fingerprint density at radius 1 is 1.18 bits per heavy atom. The molecule has 0 saturated carbocycles. The number of alkyl halides is 3. The van der Waals surface area contributed by atoms with E-state index >= 15 is 0 Å². The topological polar surface area (TPSA) is 26.0 Å². The third-order valence-electron chi connectivity index (χ3n) is 3.62. The minimum absolute atomic E-state index is 0.0981. The molecule has 0 fully saturated rings. The number of nitrogens with two attached hydrogens (primary N) is 1. The van der Waals surface area contributed by atoms with Crippen LogP contribution < -0.4 is 5.73 Å². The maximum absolute atomic E-state index is 12.6. The Kier molecular flexibility index (Phi) is 3.17. The monoisotopic (exact) mass is 243 g/mol. The molecule has 1 aliphatic carbocycles. The second-order valence-corrected chi connectivity index (χ2v) is 4.94. The van der Waals surface area contributed by atoms with E-state index in [9.17, 15) is 13.2 Å². The van der Waals surface area contributed by atoms with E-state index in [-0.39, 0.29) is 6.54 Å². The molecule has 1 atom stereocenters. The predicted octanol–water partition coefficient (Wildman–Crippen LogP) is 3.07. The molecule has 4 heteroatoms. The van der Waals surface area contributed by atoms with E-state index in [0.717, 1.165) is 5.56 Å². The highest BCUT2D eigenvalue weighted by atomic mass is 19.4. The molecular formula is C13H16F3N. The minimum Gasteiger partial charge on any atom is -0.330 e. The molecule has 0 heterocycles. The molecule has 0 aliphatic heterocycles. The van der Waals surface area contributed by atoms with Crippen molar-refractivity contribution >= 4 is 0 Å². The van der Waals surface area contributed by atoms with Gasteiger partial charge in [-0.2, -0.15) is 13.2 Å². The summed E-state index contributed by atoms with van der Waals surface area (Å²) in [4.78, 5) is 0. The Morgan fingerprint density at radius 2 is 1.82 bits per heavy atom. The fourth-order valence-electron chi connectivity index (χ4n) is 2.69. The third-order valence-corrected chi connectivity index (χ3v) is 3.62. The molecule has 2 rings (SSSR count). The molecule has 17 heavy (non-hydrogen) atoms. The highest BCUT2D eigenvalue weighted by Crippen LogP contribution is 2.42. The number of aryl methyl sites for hydroxylation is 1. The van der Waals surface area contributed by atoms with Crippen molar-refractivity contribution in [2.45, 2.75) is 31.9 Å². The van der Waals surface area contributed by atoms with Gasteiger partial charge in [-0.3, -0.25) is 0 Å². The van der Waals surface area contributed by atoms with E-state index in [4.69, 9.17) is 5.73 Å². The predicted molar refractivity (Wildman–Crippen MR) is 60.6 cm³/mol. The summed E-state index contributed by atoms with van der Waals surface area (Å²) < 4.78 is 37.8. The standard InChI is InChI=1S/C13H16F3N/c14-13(15,16)8-12(9-17)6-5-10-3-1-2-4-11(10)7-12/h1-4H,5-9,17H2. The minimum atomic E-state index is -4.13. The third kappa shape index (κ3) is 2.80. The van der Waals surface area contributed by atoms with Gasteiger partial charge in [-0.1, -0.05) is 24.3 Å². The molecule has 2 N–H and O–H groups in total. The fraction of sp³-hybridized carbons (Fsp3) is 0.538. The van der Waals surface area contributed by atoms with Crippen LogP contribution in [-0.4, -0.2) is 12.7 Å². The van der Waals surface area contributed by atoms with Gasteiger partial charge < -0.3 is 5.73 Å². The van der Waals surface area contributed by atoms with Gasteiger partial charge in [-0.05, 0) is 42.3 Å². The lowest BCUT2D eigenvalue weighted by Gasteiger charge is -2.37. The number of hydrogen-bond donors (Lipinski definition) is 1. The van der Waals surface area contributed by atoms with Crippen LogP contribution in [0.4, 0.5) is 13.2 Å². The molecule has 94 valence electrons. The fourth-order valence-corrected chi connectivity index (χ4v) is 2.69. The molecule has 1 nitrogen and oxygen atoms in total. The molecule has 1 unspecified atom stereocenters. The Hall–Kier alpha value is -1.03. The smallest absolute Gasteiger partial charge is 0.330 e. The van der Waals surface area contributed by atoms with Crippen LogP contribution >= 0.6 is 0 Å². The molecule has 0 amide bonds. The number of hydrogen-bond acceptors (Lipinski definition) is 1. The van der Waals surface area contributed by atoms with Crippen molar-refractivity contribution in [2.75, 3.05) is 6.54 Å². The Labute approximate surface area is 98.8 Å². The second-order valence-electron chi connectivity index (χ2n) is 4.94. The summed E-state index contributed by atoms with van der Waals surface area (Å²) in [5, 5.41) is 0. The van der Waals surface area contributed by atoms with Gasteiger partial charge in [0.05, 0.1) is 6.42 Å². The van der Waals surface area contributed by atoms with Gasteiger partial charge in [0.1, 0.15) is 0 Å². The molecule has 0 saturated heterocycles. The maximum Gasteiger partial charge on any atom is 0.389 e. The number of benzene rings is 1. The number of rotatable bonds is 2. The molecular weight excluding hydrogens is 227 g/mol. The van der Waals surface area contributed by atoms with E-state index in [1.54, 1.807) is 0 Å². The van der Waals surface area contributed by atoms with Crippen molar-refractivity contribution in [3.8, 4) is 0 Å². The van der Waals surface area contributed by atoms with Crippen LogP contribution in [0.1, 0.15) is 24.0 Å². The summed E-state index contributed by atoms with van der Waals surface area (Å²) in [5.41, 5.74) is 6.99. The van der Waals surface area contributed by atoms with Crippen LogP contribution in [0, 0.1) is 5.41 Å². The van der Waals surface area contributed by atoms with E-state index < -0.39 is 18.0 Å². The van der Waals surface area contributed by atoms with E-state index in [1.165, 1.54) is 5.56 Å². The van der Waals surface area contributed by atoms with E-state index in [1.807, 2.05) is 24.3 Å². The lowest BCUT2D eigenvalue weighted by Crippen LogP contribution is -2.40. The lowest BCUT2D eigenvalue weighted by atomic mass is 9.69. The van der Waals surface area contributed by atoms with Crippen molar-refractivity contribution in [1.82, 2.24) is 0 Å². The summed E-state index contributed by atoms with van der Waals surface area (Å²) in [5.74, 6) is 0. The van der Waals surface area contributed by atoms with Crippen LogP contribution in [0.15, 0.2) is 24.3 Å². The first-order valence-corrected chi connectivity index (χ1v) is 5.78. The van der Waals surface area contributed by atoms with Crippen LogP contribution in [0.5, 0.6) is 0 Å². The maximum atomic E-state index is 12.6. The van der Waals surface area contributed by atoms with E-state index in [0.29, 0.717) is 19.3 Å². The first-order valence-electron chi connectivity index (χ1n) is 5.78. The van der Waals surface area contributed by atoms with Gasteiger partial charge in [0, 0.05) is 0 Å². The molecule has 1 aliphatic rings. The number of halogens is 3. The highest BCUT2D eigenvalue weighted by Gasteiger charge is 2.43. The largest absolute Gasteiger partial charge is 0.389 e. The van der Waals surface area contributed by atoms with Gasteiger partial charge in [-0.15, -0.1) is 0 Å². The van der Waals surface area contributed by atoms with Crippen LogP contribution in [0.25, 0.3) is 0 Å². The van der Waals surface area contributed by atoms with Crippen molar-refractivity contribution < 1.29 is 13.2 Å². The normalized spacial score (nSPS) is 24.5. The average molecular weight is 243 g/mol. The lowest BCUT2D eigenvalue weighted by molar-refractivity contribution is -0.159. The summed E-state index contributed by atoms with van der Waals surface area (Å²) in [7, 11) is 0. The summed E-state index contributed by atoms with van der Waals surface area (Å²) in [6.07, 6.45) is -3.24. The quantitative estimate of drug-likeness (QED) is 0.848. The van der Waals surface area contributed by atoms with E-state index in [2.05, 4.69) is 0 Å². The highest BCUT2D eigenvalue weighted by molar-refractivity contribution is 5.31. The second kappa shape index (κ2) is 4.33. The van der Waals surface area contributed by atoms with Gasteiger partial charge in [-0.25, -0.2) is 0 Å². The van der Waals surface area contributed by atoms with Crippen LogP contribution in [-0.2, 0) is 12.8 Å². The SMILES string of the molecule is NCC1(CC(F)(F)F)CCc2ccccc2C1. The summed E-state index contributed by atoms with van der Waals surface area (Å²) >= 11 is 0. The Bertz CT molecular complexity index is 400. The van der Waals surface area contributed by atoms with Crippen molar-refractivity contribution in [3.05, 3.63) is 35.4 Å². The first-order chi connectivity index (χ1) is 7.94. The zero-order valence-electron chi connectivity index (χ0n) is 9.56. The zero-order valence-corrected chi connectivity index (χ0v) is 9.56. The molecule has 1 aromatic carbocycles.